The summed E-state index contributed by atoms with van der Waals surface area (Å²) < 4.78 is 0. The maximum Gasteiger partial charge on any atom is 0.246 e. The van der Waals surface area contributed by atoms with Gasteiger partial charge in [-0.3, -0.25) is 9.59 Å². The molecule has 2 aromatic carbocycles. The zero-order valence-corrected chi connectivity index (χ0v) is 15.5. The lowest BCUT2D eigenvalue weighted by atomic mass is 10.0. The summed E-state index contributed by atoms with van der Waals surface area (Å²) in [5.41, 5.74) is 3.51. The summed E-state index contributed by atoms with van der Waals surface area (Å²) in [4.78, 5) is 27.2. The molecule has 0 aromatic heterocycles. The van der Waals surface area contributed by atoms with Gasteiger partial charge >= 0.3 is 0 Å². The molecule has 3 atom stereocenters. The van der Waals surface area contributed by atoms with Gasteiger partial charge in [0.15, 0.2) is 0 Å². The minimum absolute atomic E-state index is 0.0306. The first-order valence-corrected chi connectivity index (χ1v) is 9.54. The van der Waals surface area contributed by atoms with Crippen molar-refractivity contribution in [2.75, 3.05) is 6.54 Å². The largest absolute Gasteiger partial charge is 0.342 e. The lowest BCUT2D eigenvalue weighted by Gasteiger charge is -2.34. The van der Waals surface area contributed by atoms with Gasteiger partial charge in [-0.15, -0.1) is 0 Å². The van der Waals surface area contributed by atoms with Crippen LogP contribution in [0.5, 0.6) is 0 Å². The summed E-state index contributed by atoms with van der Waals surface area (Å²) in [6.45, 7) is 3.41. The first kappa shape index (κ1) is 17.7. The van der Waals surface area contributed by atoms with Crippen LogP contribution in [0.15, 0.2) is 54.6 Å². The number of carbonyl (C=O) groups is 2. The third-order valence-electron chi connectivity index (χ3n) is 5.50. The van der Waals surface area contributed by atoms with E-state index in [0.29, 0.717) is 19.4 Å². The Morgan fingerprint density at radius 3 is 2.52 bits per heavy atom. The quantitative estimate of drug-likeness (QED) is 0.852. The zero-order chi connectivity index (χ0) is 18.8. The van der Waals surface area contributed by atoms with Gasteiger partial charge in [0.1, 0.15) is 12.1 Å². The molecule has 2 heterocycles. The van der Waals surface area contributed by atoms with Gasteiger partial charge in [-0.05, 0) is 24.5 Å². The molecule has 2 aliphatic heterocycles. The standard InChI is InChI=1S/C22H25N3O2/c1-15-7-9-17(10-8-15)13-23-18-12-20-21(26)24-19(22(27)25(20)14-18)11-16-5-3-2-4-6-16/h2-10,18-20,23H,11-14H2,1H3,(H,24,26)/t18-,19-,20-/m0/s1. The summed E-state index contributed by atoms with van der Waals surface area (Å²) in [5, 5.41) is 6.43. The zero-order valence-electron chi connectivity index (χ0n) is 15.5. The molecule has 140 valence electrons. The van der Waals surface area contributed by atoms with Crippen molar-refractivity contribution in [3.8, 4) is 0 Å². The number of nitrogens with zero attached hydrogens (tertiary/aromatic N) is 1. The molecule has 5 nitrogen and oxygen atoms in total. The smallest absolute Gasteiger partial charge is 0.246 e. The highest BCUT2D eigenvalue weighted by Crippen LogP contribution is 2.24. The van der Waals surface area contributed by atoms with Gasteiger partial charge in [0, 0.05) is 25.6 Å². The van der Waals surface area contributed by atoms with Gasteiger partial charge < -0.3 is 15.5 Å². The number of aryl methyl sites for hydroxylation is 1. The predicted molar refractivity (Wildman–Crippen MR) is 104 cm³/mol. The summed E-state index contributed by atoms with van der Waals surface area (Å²) in [6, 6.07) is 17.6. The van der Waals surface area contributed by atoms with Crippen LogP contribution in [0.3, 0.4) is 0 Å². The highest BCUT2D eigenvalue weighted by atomic mass is 16.2. The van der Waals surface area contributed by atoms with E-state index in [0.717, 1.165) is 12.1 Å². The highest BCUT2D eigenvalue weighted by Gasteiger charge is 2.46. The molecule has 0 bridgehead atoms. The number of piperazine rings is 1. The highest BCUT2D eigenvalue weighted by molar-refractivity contribution is 5.97. The fourth-order valence-corrected chi connectivity index (χ4v) is 3.96. The summed E-state index contributed by atoms with van der Waals surface area (Å²) in [5.74, 6) is -0.00161. The van der Waals surface area contributed by atoms with Crippen molar-refractivity contribution in [3.05, 3.63) is 71.3 Å². The lowest BCUT2D eigenvalue weighted by Crippen LogP contribution is -2.61. The molecule has 0 unspecified atom stereocenters. The minimum Gasteiger partial charge on any atom is -0.342 e. The van der Waals surface area contributed by atoms with Gasteiger partial charge in [-0.25, -0.2) is 0 Å². The third-order valence-corrected chi connectivity index (χ3v) is 5.50. The van der Waals surface area contributed by atoms with Crippen molar-refractivity contribution >= 4 is 11.8 Å². The van der Waals surface area contributed by atoms with Crippen molar-refractivity contribution in [2.45, 2.75) is 44.4 Å². The van der Waals surface area contributed by atoms with Gasteiger partial charge in [0.05, 0.1) is 0 Å². The molecule has 5 heteroatoms. The van der Waals surface area contributed by atoms with E-state index in [1.165, 1.54) is 11.1 Å². The molecule has 2 N–H and O–H groups in total. The number of hydrogen-bond donors (Lipinski definition) is 2. The molecule has 4 rings (SSSR count). The molecule has 0 aliphatic carbocycles. The van der Waals surface area contributed by atoms with Crippen molar-refractivity contribution in [3.63, 3.8) is 0 Å². The maximum atomic E-state index is 12.9. The molecule has 2 aromatic rings. The van der Waals surface area contributed by atoms with Crippen LogP contribution in [-0.4, -0.2) is 41.4 Å². The lowest BCUT2D eigenvalue weighted by molar-refractivity contribution is -0.147. The molecule has 27 heavy (non-hydrogen) atoms. The van der Waals surface area contributed by atoms with Gasteiger partial charge in [0.2, 0.25) is 11.8 Å². The number of carbonyl (C=O) groups excluding carboxylic acids is 2. The SMILES string of the molecule is Cc1ccc(CN[C@H]2C[C@H]3C(=O)N[C@@H](Cc4ccccc4)C(=O)N3C2)cc1. The van der Waals surface area contributed by atoms with Crippen LogP contribution >= 0.6 is 0 Å². The number of hydrogen-bond acceptors (Lipinski definition) is 3. The van der Waals surface area contributed by atoms with E-state index < -0.39 is 6.04 Å². The Morgan fingerprint density at radius 2 is 1.78 bits per heavy atom. The first-order valence-electron chi connectivity index (χ1n) is 9.54. The molecule has 2 saturated heterocycles. The molecule has 2 amide bonds. The Kier molecular flexibility index (Phi) is 4.94. The van der Waals surface area contributed by atoms with Gasteiger partial charge in [-0.2, -0.15) is 0 Å². The number of benzene rings is 2. The van der Waals surface area contributed by atoms with E-state index in [1.54, 1.807) is 4.90 Å². The molecule has 0 radical (unpaired) electrons. The fraction of sp³-hybridized carbons (Fsp3) is 0.364. The molecular weight excluding hydrogens is 338 g/mol. The van der Waals surface area contributed by atoms with Crippen LogP contribution in [0.2, 0.25) is 0 Å². The summed E-state index contributed by atoms with van der Waals surface area (Å²) in [6.07, 6.45) is 1.21. The second-order valence-corrected chi connectivity index (χ2v) is 7.56. The first-order chi connectivity index (χ1) is 13.1. The van der Waals surface area contributed by atoms with Gasteiger partial charge in [0.25, 0.3) is 0 Å². The Labute approximate surface area is 159 Å². The Hall–Kier alpha value is -2.66. The van der Waals surface area contributed by atoms with Crippen LogP contribution in [0.4, 0.5) is 0 Å². The number of rotatable bonds is 5. The molecule has 0 spiro atoms. The Balaban J connectivity index is 1.38. The molecular formula is C22H25N3O2. The van der Waals surface area contributed by atoms with Crippen molar-refractivity contribution < 1.29 is 9.59 Å². The van der Waals surface area contributed by atoms with Gasteiger partial charge in [-0.1, -0.05) is 60.2 Å². The topological polar surface area (TPSA) is 61.4 Å². The van der Waals surface area contributed by atoms with Crippen LogP contribution in [0.1, 0.15) is 23.1 Å². The predicted octanol–water partition coefficient (Wildman–Crippen LogP) is 1.80. The fourth-order valence-electron chi connectivity index (χ4n) is 3.96. The van der Waals surface area contributed by atoms with E-state index in [2.05, 4.69) is 41.8 Å². The van der Waals surface area contributed by atoms with Crippen LogP contribution in [0.25, 0.3) is 0 Å². The monoisotopic (exact) mass is 363 g/mol. The average Bonchev–Trinajstić information content (AvgIpc) is 3.12. The normalized spacial score (nSPS) is 24.6. The van der Waals surface area contributed by atoms with E-state index in [4.69, 9.17) is 0 Å². The van der Waals surface area contributed by atoms with E-state index in [9.17, 15) is 9.59 Å². The van der Waals surface area contributed by atoms with E-state index in [1.807, 2.05) is 30.3 Å². The third kappa shape index (κ3) is 3.88. The number of nitrogens with one attached hydrogen (secondary N) is 2. The number of fused-ring (bicyclic) bond motifs is 1. The van der Waals surface area contributed by atoms with Crippen LogP contribution in [-0.2, 0) is 22.6 Å². The summed E-state index contributed by atoms with van der Waals surface area (Å²) in [7, 11) is 0. The van der Waals surface area contributed by atoms with Crippen molar-refractivity contribution in [2.24, 2.45) is 0 Å². The molecule has 2 aliphatic rings. The molecule has 2 fully saturated rings. The van der Waals surface area contributed by atoms with Crippen LogP contribution in [0, 0.1) is 6.92 Å². The number of amides is 2. The molecule has 0 saturated carbocycles. The second kappa shape index (κ2) is 7.53. The van der Waals surface area contributed by atoms with Crippen LogP contribution < -0.4 is 10.6 Å². The summed E-state index contributed by atoms with van der Waals surface area (Å²) >= 11 is 0. The van der Waals surface area contributed by atoms with E-state index >= 15 is 0 Å². The Bertz CT molecular complexity index is 819. The van der Waals surface area contributed by atoms with Crippen molar-refractivity contribution in [1.82, 2.24) is 15.5 Å². The van der Waals surface area contributed by atoms with Crippen molar-refractivity contribution in [1.29, 1.82) is 0 Å². The average molecular weight is 363 g/mol. The van der Waals surface area contributed by atoms with E-state index in [-0.39, 0.29) is 23.9 Å². The Morgan fingerprint density at radius 1 is 1.04 bits per heavy atom. The second-order valence-electron chi connectivity index (χ2n) is 7.56. The maximum absolute atomic E-state index is 12.9. The minimum atomic E-state index is -0.466.